The second-order valence-electron chi connectivity index (χ2n) is 8.28. The van der Waals surface area contributed by atoms with Crippen LogP contribution in [0.5, 0.6) is 0 Å². The van der Waals surface area contributed by atoms with Gasteiger partial charge in [0.1, 0.15) is 0 Å². The molecule has 0 aromatic heterocycles. The predicted molar refractivity (Wildman–Crippen MR) is 127 cm³/mol. The quantitative estimate of drug-likeness (QED) is 0.535. The van der Waals surface area contributed by atoms with Gasteiger partial charge in [-0.05, 0) is 43.7 Å². The van der Waals surface area contributed by atoms with E-state index in [2.05, 4.69) is 0 Å². The van der Waals surface area contributed by atoms with E-state index in [0.717, 1.165) is 16.7 Å². The Kier molecular flexibility index (Phi) is 6.69. The van der Waals surface area contributed by atoms with Crippen molar-refractivity contribution in [2.24, 2.45) is 0 Å². The minimum absolute atomic E-state index is 0.0883. The van der Waals surface area contributed by atoms with Crippen LogP contribution in [0.3, 0.4) is 0 Å². The van der Waals surface area contributed by atoms with Crippen LogP contribution in [0.15, 0.2) is 88.7 Å². The number of nitrogens with zero attached hydrogens (tertiary/aromatic N) is 3. The average Bonchev–Trinajstić information content (AvgIpc) is 2.80. The van der Waals surface area contributed by atoms with Gasteiger partial charge in [0.15, 0.2) is 0 Å². The molecule has 0 amide bonds. The molecule has 0 saturated carbocycles. The molecule has 0 atom stereocenters. The van der Waals surface area contributed by atoms with E-state index in [4.69, 9.17) is 0 Å². The summed E-state index contributed by atoms with van der Waals surface area (Å²) in [6.07, 6.45) is 0. The molecular formula is C24H27N3O4S2. The second-order valence-corrected chi connectivity index (χ2v) is 12.2. The molecule has 0 radical (unpaired) electrons. The first-order valence-corrected chi connectivity index (χ1v) is 13.4. The normalized spacial score (nSPS) is 16.7. The summed E-state index contributed by atoms with van der Waals surface area (Å²) in [6, 6.07) is 22.7. The third kappa shape index (κ3) is 5.18. The standard InChI is InChI=1S/C24H27N3O4S2/c1-20-8-12-23(13-9-20)32(28,29)26-17-25(16-22-6-4-3-5-7-22)18-27(19-26)33(30,31)24-14-10-21(2)11-15-24/h3-15H,16-19H2,1-2H3. The number of rotatable bonds is 6. The zero-order valence-electron chi connectivity index (χ0n) is 18.6. The predicted octanol–water partition coefficient (Wildman–Crippen LogP) is 3.37. The Balaban J connectivity index is 1.69. The zero-order valence-corrected chi connectivity index (χ0v) is 20.3. The van der Waals surface area contributed by atoms with Gasteiger partial charge in [0.05, 0.1) is 29.8 Å². The second kappa shape index (κ2) is 9.36. The van der Waals surface area contributed by atoms with E-state index in [-0.39, 0.29) is 29.8 Å². The minimum atomic E-state index is -3.90. The number of sulfonamides is 2. The van der Waals surface area contributed by atoms with Crippen molar-refractivity contribution >= 4 is 20.0 Å². The van der Waals surface area contributed by atoms with Crippen LogP contribution in [-0.4, -0.2) is 50.4 Å². The molecule has 1 fully saturated rings. The summed E-state index contributed by atoms with van der Waals surface area (Å²) in [5.74, 6) is 0. The molecule has 1 heterocycles. The van der Waals surface area contributed by atoms with Crippen molar-refractivity contribution in [3.63, 3.8) is 0 Å². The Morgan fingerprint density at radius 2 is 1.03 bits per heavy atom. The Bertz CT molecular complexity index is 1220. The minimum Gasteiger partial charge on any atom is -0.271 e. The maximum Gasteiger partial charge on any atom is 0.245 e. The van der Waals surface area contributed by atoms with Crippen LogP contribution in [0.25, 0.3) is 0 Å². The average molecular weight is 486 g/mol. The van der Waals surface area contributed by atoms with Crippen molar-refractivity contribution < 1.29 is 16.8 Å². The molecule has 4 rings (SSSR count). The molecule has 7 nitrogen and oxygen atoms in total. The number of aryl methyl sites for hydroxylation is 2. The van der Waals surface area contributed by atoms with Crippen LogP contribution in [0.4, 0.5) is 0 Å². The first-order chi connectivity index (χ1) is 15.7. The van der Waals surface area contributed by atoms with Crippen molar-refractivity contribution in [2.75, 3.05) is 20.0 Å². The molecule has 0 spiro atoms. The maximum atomic E-state index is 13.4. The van der Waals surface area contributed by atoms with Crippen molar-refractivity contribution in [3.05, 3.63) is 95.6 Å². The van der Waals surface area contributed by atoms with Crippen LogP contribution in [-0.2, 0) is 26.6 Å². The van der Waals surface area contributed by atoms with Crippen molar-refractivity contribution in [1.29, 1.82) is 0 Å². The molecule has 3 aromatic rings. The van der Waals surface area contributed by atoms with Crippen LogP contribution < -0.4 is 0 Å². The molecule has 1 aliphatic heterocycles. The van der Waals surface area contributed by atoms with Crippen LogP contribution in [0.1, 0.15) is 16.7 Å². The third-order valence-corrected chi connectivity index (χ3v) is 9.15. The Hall–Kier alpha value is -2.56. The molecule has 0 N–H and O–H groups in total. The monoisotopic (exact) mass is 485 g/mol. The molecule has 0 unspecified atom stereocenters. The fourth-order valence-corrected chi connectivity index (χ4v) is 6.56. The molecule has 1 aliphatic rings. The van der Waals surface area contributed by atoms with Gasteiger partial charge in [-0.2, -0.15) is 8.61 Å². The van der Waals surface area contributed by atoms with Gasteiger partial charge in [0.2, 0.25) is 20.0 Å². The van der Waals surface area contributed by atoms with Crippen molar-refractivity contribution in [2.45, 2.75) is 30.2 Å². The van der Waals surface area contributed by atoms with E-state index in [1.54, 1.807) is 48.5 Å². The molecule has 0 aliphatic carbocycles. The van der Waals surface area contributed by atoms with Gasteiger partial charge in [0.25, 0.3) is 0 Å². The lowest BCUT2D eigenvalue weighted by atomic mass is 10.2. The molecule has 33 heavy (non-hydrogen) atoms. The molecule has 3 aromatic carbocycles. The Morgan fingerprint density at radius 1 is 0.606 bits per heavy atom. The fraction of sp³-hybridized carbons (Fsp3) is 0.250. The summed E-state index contributed by atoms with van der Waals surface area (Å²) in [6.45, 7) is 4.11. The summed E-state index contributed by atoms with van der Waals surface area (Å²) in [4.78, 5) is 2.10. The highest BCUT2D eigenvalue weighted by Gasteiger charge is 2.38. The zero-order chi connectivity index (χ0) is 23.6. The summed E-state index contributed by atoms with van der Waals surface area (Å²) in [5, 5.41) is 0. The lowest BCUT2D eigenvalue weighted by molar-refractivity contribution is 0.0577. The SMILES string of the molecule is Cc1ccc(S(=O)(=O)N2CN(Cc3ccccc3)CN(S(=O)(=O)c3ccc(C)cc3)C2)cc1. The van der Waals surface area contributed by atoms with Crippen molar-refractivity contribution in [3.8, 4) is 0 Å². The highest BCUT2D eigenvalue weighted by Crippen LogP contribution is 2.25. The summed E-state index contributed by atoms with van der Waals surface area (Å²) in [5.41, 5.74) is 2.86. The molecular weight excluding hydrogens is 458 g/mol. The molecule has 0 bridgehead atoms. The largest absolute Gasteiger partial charge is 0.271 e. The summed E-state index contributed by atoms with van der Waals surface area (Å²) < 4.78 is 56.1. The van der Waals surface area contributed by atoms with Gasteiger partial charge in [-0.25, -0.2) is 16.8 Å². The summed E-state index contributed by atoms with van der Waals surface area (Å²) in [7, 11) is -7.80. The molecule has 1 saturated heterocycles. The highest BCUT2D eigenvalue weighted by molar-refractivity contribution is 7.90. The van der Waals surface area contributed by atoms with E-state index >= 15 is 0 Å². The lowest BCUT2D eigenvalue weighted by Gasteiger charge is -2.40. The third-order valence-electron chi connectivity index (χ3n) is 5.60. The van der Waals surface area contributed by atoms with E-state index in [0.29, 0.717) is 6.54 Å². The lowest BCUT2D eigenvalue weighted by Crippen LogP contribution is -2.57. The smallest absolute Gasteiger partial charge is 0.245 e. The number of hydrogen-bond acceptors (Lipinski definition) is 5. The molecule has 9 heteroatoms. The number of hydrogen-bond donors (Lipinski definition) is 0. The van der Waals surface area contributed by atoms with Crippen LogP contribution in [0, 0.1) is 13.8 Å². The fourth-order valence-electron chi connectivity index (χ4n) is 3.72. The maximum absolute atomic E-state index is 13.4. The van der Waals surface area contributed by atoms with Crippen LogP contribution >= 0.6 is 0 Å². The van der Waals surface area contributed by atoms with E-state index < -0.39 is 20.0 Å². The summed E-state index contributed by atoms with van der Waals surface area (Å²) >= 11 is 0. The Labute approximate surface area is 196 Å². The van der Waals surface area contributed by atoms with Gasteiger partial charge >= 0.3 is 0 Å². The van der Waals surface area contributed by atoms with E-state index in [1.165, 1.54) is 8.61 Å². The van der Waals surface area contributed by atoms with Gasteiger partial charge in [0, 0.05) is 6.54 Å². The van der Waals surface area contributed by atoms with Crippen LogP contribution in [0.2, 0.25) is 0 Å². The van der Waals surface area contributed by atoms with Crippen molar-refractivity contribution in [1.82, 2.24) is 13.5 Å². The van der Waals surface area contributed by atoms with E-state index in [1.807, 2.05) is 49.1 Å². The van der Waals surface area contributed by atoms with E-state index in [9.17, 15) is 16.8 Å². The van der Waals surface area contributed by atoms with Gasteiger partial charge < -0.3 is 0 Å². The first kappa shape index (κ1) is 23.6. The first-order valence-electron chi connectivity index (χ1n) is 10.6. The highest BCUT2D eigenvalue weighted by atomic mass is 32.2. The Morgan fingerprint density at radius 3 is 1.45 bits per heavy atom. The topological polar surface area (TPSA) is 78.0 Å². The van der Waals surface area contributed by atoms with Gasteiger partial charge in [-0.15, -0.1) is 0 Å². The molecule has 174 valence electrons. The van der Waals surface area contributed by atoms with Gasteiger partial charge in [-0.1, -0.05) is 65.7 Å². The number of benzene rings is 3. The van der Waals surface area contributed by atoms with Gasteiger partial charge in [-0.3, -0.25) is 4.90 Å².